The quantitative estimate of drug-likeness (QED) is 0.341. The molecule has 2 aromatic heterocycles. The fourth-order valence-corrected chi connectivity index (χ4v) is 3.90. The maximum Gasteiger partial charge on any atom is 0.491 e. The maximum atomic E-state index is 13.0. The van der Waals surface area contributed by atoms with Crippen LogP contribution in [-0.2, 0) is 11.8 Å². The van der Waals surface area contributed by atoms with Crippen molar-refractivity contribution in [1.82, 2.24) is 25.3 Å². The molecule has 0 amide bonds. The van der Waals surface area contributed by atoms with Crippen molar-refractivity contribution >= 4 is 16.9 Å². The number of methoxy groups -OCH3 is 1. The minimum atomic E-state index is -5.15. The third-order valence-corrected chi connectivity index (χ3v) is 5.82. The number of nitrogens with zero attached hydrogens (tertiary/aromatic N) is 4. The molecule has 1 aliphatic rings. The number of hydrogen-bond donors (Lipinski definition) is 1. The van der Waals surface area contributed by atoms with E-state index in [1.54, 1.807) is 48.3 Å². The predicted molar refractivity (Wildman–Crippen MR) is 121 cm³/mol. The number of carbonyl (C=O) groups excluding carboxylic acids is 1. The van der Waals surface area contributed by atoms with Gasteiger partial charge in [-0.3, -0.25) is 4.68 Å². The van der Waals surface area contributed by atoms with Gasteiger partial charge in [0, 0.05) is 43.2 Å². The minimum Gasteiger partial charge on any atom is -0.494 e. The Kier molecular flexibility index (Phi) is 5.64. The second-order valence-corrected chi connectivity index (χ2v) is 8.22. The smallest absolute Gasteiger partial charge is 0.491 e. The van der Waals surface area contributed by atoms with Crippen LogP contribution in [0.5, 0.6) is 11.5 Å². The van der Waals surface area contributed by atoms with Gasteiger partial charge in [0.2, 0.25) is 0 Å². The summed E-state index contributed by atoms with van der Waals surface area (Å²) in [7, 11) is 3.28. The summed E-state index contributed by atoms with van der Waals surface area (Å²) in [6.45, 7) is 1.59. The summed E-state index contributed by atoms with van der Waals surface area (Å²) in [5, 5.41) is 16.7. The normalized spacial score (nSPS) is 14.1. The van der Waals surface area contributed by atoms with E-state index in [4.69, 9.17) is 9.47 Å². The van der Waals surface area contributed by atoms with Crippen LogP contribution in [0.1, 0.15) is 11.6 Å². The largest absolute Gasteiger partial charge is 0.494 e. The molecule has 5 rings (SSSR count). The molecular formula is C24H20F3N5O3. The van der Waals surface area contributed by atoms with Crippen LogP contribution in [0.4, 0.5) is 13.2 Å². The number of halogens is 3. The van der Waals surface area contributed by atoms with Crippen LogP contribution in [0.25, 0.3) is 33.3 Å². The van der Waals surface area contributed by atoms with Crippen molar-refractivity contribution in [2.45, 2.75) is 12.1 Å². The molecule has 0 bridgehead atoms. The number of fused-ring (bicyclic) bond motifs is 1. The summed E-state index contributed by atoms with van der Waals surface area (Å²) in [5.41, 5.74) is 3.11. The van der Waals surface area contributed by atoms with E-state index in [1.807, 2.05) is 6.07 Å². The monoisotopic (exact) mass is 483 g/mol. The fourth-order valence-electron chi connectivity index (χ4n) is 3.90. The number of esters is 1. The lowest BCUT2D eigenvalue weighted by Gasteiger charge is -2.25. The number of hydrogen-bond acceptors (Lipinski definition) is 7. The van der Waals surface area contributed by atoms with Crippen LogP contribution in [-0.4, -0.2) is 52.3 Å². The van der Waals surface area contributed by atoms with Gasteiger partial charge in [-0.2, -0.15) is 28.5 Å². The molecule has 11 heteroatoms. The number of aryl methyl sites for hydroxylation is 1. The zero-order valence-corrected chi connectivity index (χ0v) is 18.8. The highest BCUT2D eigenvalue weighted by Gasteiger charge is 2.41. The van der Waals surface area contributed by atoms with Crippen LogP contribution in [0.3, 0.4) is 0 Å². The highest BCUT2D eigenvalue weighted by atomic mass is 19.4. The fraction of sp³-hybridized carbons (Fsp3) is 0.250. The van der Waals surface area contributed by atoms with E-state index >= 15 is 0 Å². The molecule has 35 heavy (non-hydrogen) atoms. The Balaban J connectivity index is 1.58. The molecule has 0 aliphatic carbocycles. The Hall–Kier alpha value is -3.99. The third kappa shape index (κ3) is 4.42. The highest BCUT2D eigenvalue weighted by Crippen LogP contribution is 2.37. The molecule has 4 aromatic rings. The zero-order valence-electron chi connectivity index (χ0n) is 18.8. The molecule has 180 valence electrons. The molecule has 0 saturated carbocycles. The minimum absolute atomic E-state index is 0.214. The molecular weight excluding hydrogens is 463 g/mol. The van der Waals surface area contributed by atoms with Gasteiger partial charge < -0.3 is 14.8 Å². The number of benzene rings is 2. The van der Waals surface area contributed by atoms with E-state index in [0.29, 0.717) is 22.4 Å². The number of alkyl halides is 3. The van der Waals surface area contributed by atoms with Crippen LogP contribution < -0.4 is 14.8 Å². The number of ether oxygens (including phenoxy) is 2. The van der Waals surface area contributed by atoms with Gasteiger partial charge >= 0.3 is 12.1 Å². The van der Waals surface area contributed by atoms with Crippen molar-refractivity contribution in [2.75, 3.05) is 20.2 Å². The van der Waals surface area contributed by atoms with Crippen LogP contribution in [0, 0.1) is 0 Å². The first-order valence-electron chi connectivity index (χ1n) is 10.7. The van der Waals surface area contributed by atoms with Gasteiger partial charge in [-0.05, 0) is 47.5 Å². The maximum absolute atomic E-state index is 13.0. The van der Waals surface area contributed by atoms with Gasteiger partial charge in [0.25, 0.3) is 0 Å². The summed E-state index contributed by atoms with van der Waals surface area (Å²) in [5.74, 6) is -1.84. The van der Waals surface area contributed by atoms with Crippen LogP contribution >= 0.6 is 0 Å². The third-order valence-electron chi connectivity index (χ3n) is 5.82. The molecule has 1 N–H and O–H groups in total. The lowest BCUT2D eigenvalue weighted by molar-refractivity contribution is -0.189. The number of carbonyl (C=O) groups is 1. The van der Waals surface area contributed by atoms with Crippen molar-refractivity contribution in [3.05, 3.63) is 54.4 Å². The zero-order chi connectivity index (χ0) is 24.7. The molecule has 0 radical (unpaired) electrons. The van der Waals surface area contributed by atoms with Gasteiger partial charge in [-0.25, -0.2) is 4.79 Å². The molecule has 1 saturated heterocycles. The Labute approximate surface area is 197 Å². The Morgan fingerprint density at radius 1 is 1.06 bits per heavy atom. The molecule has 2 aromatic carbocycles. The molecule has 1 aliphatic heterocycles. The van der Waals surface area contributed by atoms with Crippen LogP contribution in [0.15, 0.2) is 48.7 Å². The molecule has 0 atom stereocenters. The van der Waals surface area contributed by atoms with Crippen molar-refractivity contribution in [3.8, 4) is 33.9 Å². The van der Waals surface area contributed by atoms with E-state index < -0.39 is 12.1 Å². The van der Waals surface area contributed by atoms with Crippen molar-refractivity contribution in [2.24, 2.45) is 7.05 Å². The van der Waals surface area contributed by atoms with Gasteiger partial charge in [0.05, 0.1) is 18.5 Å². The molecule has 8 nitrogen and oxygen atoms in total. The Bertz CT molecular complexity index is 1410. The lowest BCUT2D eigenvalue weighted by atomic mass is 9.98. The van der Waals surface area contributed by atoms with E-state index in [2.05, 4.69) is 20.6 Å². The molecule has 0 spiro atoms. The average Bonchev–Trinajstić information content (AvgIpc) is 3.17. The van der Waals surface area contributed by atoms with Gasteiger partial charge in [-0.15, -0.1) is 0 Å². The van der Waals surface area contributed by atoms with Gasteiger partial charge in [0.15, 0.2) is 0 Å². The van der Waals surface area contributed by atoms with E-state index in [9.17, 15) is 18.0 Å². The number of rotatable bonds is 5. The van der Waals surface area contributed by atoms with Crippen molar-refractivity contribution in [1.29, 1.82) is 0 Å². The first-order chi connectivity index (χ1) is 16.7. The summed E-state index contributed by atoms with van der Waals surface area (Å²) < 4.78 is 50.9. The van der Waals surface area contributed by atoms with Crippen molar-refractivity contribution in [3.63, 3.8) is 0 Å². The summed E-state index contributed by atoms with van der Waals surface area (Å²) in [6.07, 6.45) is -3.35. The van der Waals surface area contributed by atoms with Crippen LogP contribution in [0.2, 0.25) is 0 Å². The predicted octanol–water partition coefficient (Wildman–Crippen LogP) is 3.86. The summed E-state index contributed by atoms with van der Waals surface area (Å²) in [6, 6.07) is 11.6. The number of aromatic nitrogens is 4. The van der Waals surface area contributed by atoms with E-state index in [1.165, 1.54) is 13.2 Å². The van der Waals surface area contributed by atoms with Gasteiger partial charge in [0.1, 0.15) is 17.0 Å². The summed E-state index contributed by atoms with van der Waals surface area (Å²) in [4.78, 5) is 11.7. The lowest BCUT2D eigenvalue weighted by Crippen LogP contribution is -2.40. The molecule has 0 unspecified atom stereocenters. The molecule has 3 heterocycles. The molecule has 1 fully saturated rings. The SMILES string of the molecule is COc1cc(-c2ccc(-c3ccc(C4CNC4)nn3)c(OC(=O)C(F)(F)F)c2)cc2cn(C)nc12. The average molecular weight is 483 g/mol. The first-order valence-corrected chi connectivity index (χ1v) is 10.7. The highest BCUT2D eigenvalue weighted by molar-refractivity contribution is 5.90. The second kappa shape index (κ2) is 8.66. The first kappa shape index (κ1) is 22.8. The van der Waals surface area contributed by atoms with Gasteiger partial charge in [-0.1, -0.05) is 6.07 Å². The number of nitrogens with one attached hydrogen (secondary N) is 1. The van der Waals surface area contributed by atoms with E-state index in [0.717, 1.165) is 24.2 Å². The Morgan fingerprint density at radius 3 is 2.46 bits per heavy atom. The van der Waals surface area contributed by atoms with E-state index in [-0.39, 0.29) is 22.9 Å². The standard InChI is InChI=1S/C24H20F3N5O3/c1-32-12-15-7-14(9-21(34-2)22(15)31-32)13-3-4-17(20(8-13)35-23(33)24(25,26)27)19-6-5-18(29-30-19)16-10-28-11-16/h3-9,12,16,28H,10-11H2,1-2H3. The van der Waals surface area contributed by atoms with Crippen molar-refractivity contribution < 1.29 is 27.4 Å². The second-order valence-electron chi connectivity index (χ2n) is 8.22. The summed E-state index contributed by atoms with van der Waals surface area (Å²) >= 11 is 0. The Morgan fingerprint density at radius 2 is 1.83 bits per heavy atom. The topological polar surface area (TPSA) is 91.2 Å².